The van der Waals surface area contributed by atoms with Crippen molar-refractivity contribution in [3.8, 4) is 0 Å². The van der Waals surface area contributed by atoms with Crippen LogP contribution in [0.1, 0.15) is 40.5 Å². The van der Waals surface area contributed by atoms with Crippen LogP contribution in [0.2, 0.25) is 0 Å². The first-order valence-corrected chi connectivity index (χ1v) is 7.47. The Kier molecular flexibility index (Phi) is 4.11. The molecule has 1 saturated carbocycles. The Morgan fingerprint density at radius 1 is 1.20 bits per heavy atom. The van der Waals surface area contributed by atoms with Gasteiger partial charge in [-0.15, -0.1) is 0 Å². The Bertz CT molecular complexity index is 360. The Morgan fingerprint density at radius 3 is 2.10 bits per heavy atom. The van der Waals surface area contributed by atoms with Gasteiger partial charge in [0.1, 0.15) is 0 Å². The number of piperidine rings is 1. The first-order valence-electron chi connectivity index (χ1n) is 7.47. The van der Waals surface area contributed by atoms with Gasteiger partial charge in [-0.25, -0.2) is 8.78 Å². The van der Waals surface area contributed by atoms with E-state index >= 15 is 0 Å². The molecule has 0 spiro atoms. The second-order valence-electron chi connectivity index (χ2n) is 7.35. The minimum absolute atomic E-state index is 0.0491. The molecule has 1 N–H and O–H groups in total. The summed E-state index contributed by atoms with van der Waals surface area (Å²) >= 11 is 0. The zero-order valence-electron chi connectivity index (χ0n) is 12.9. The number of nitrogens with zero attached hydrogens (tertiary/aromatic N) is 1. The SMILES string of the molecule is CC1(C)C(C(=O)NC2CCN(CC(F)F)CC2)C1(C)C. The Balaban J connectivity index is 1.78. The van der Waals surface area contributed by atoms with E-state index in [0.717, 1.165) is 12.8 Å². The zero-order valence-corrected chi connectivity index (χ0v) is 12.9. The number of hydrogen-bond donors (Lipinski definition) is 1. The van der Waals surface area contributed by atoms with Crippen LogP contribution in [0.5, 0.6) is 0 Å². The Hall–Kier alpha value is -0.710. The standard InChI is InChI=1S/C15H26F2N2O/c1-14(2)12(15(14,3)4)13(20)18-10-5-7-19(8-6-10)9-11(16)17/h10-12H,5-9H2,1-4H3,(H,18,20). The molecular weight excluding hydrogens is 262 g/mol. The predicted molar refractivity (Wildman–Crippen MR) is 74.7 cm³/mol. The molecule has 3 nitrogen and oxygen atoms in total. The van der Waals surface area contributed by atoms with Crippen molar-refractivity contribution >= 4 is 5.91 Å². The summed E-state index contributed by atoms with van der Waals surface area (Å²) in [6.45, 7) is 9.65. The van der Waals surface area contributed by atoms with E-state index in [0.29, 0.717) is 13.1 Å². The molecular formula is C15H26F2N2O. The van der Waals surface area contributed by atoms with Crippen LogP contribution in [0.15, 0.2) is 0 Å². The third-order valence-electron chi connectivity index (χ3n) is 5.61. The molecule has 1 aliphatic carbocycles. The van der Waals surface area contributed by atoms with Gasteiger partial charge in [-0.3, -0.25) is 9.69 Å². The smallest absolute Gasteiger partial charge is 0.251 e. The van der Waals surface area contributed by atoms with E-state index in [-0.39, 0.29) is 35.2 Å². The number of carbonyl (C=O) groups excluding carboxylic acids is 1. The number of likely N-dealkylation sites (tertiary alicyclic amines) is 1. The fraction of sp³-hybridized carbons (Fsp3) is 0.933. The van der Waals surface area contributed by atoms with Crippen LogP contribution in [0, 0.1) is 16.7 Å². The largest absolute Gasteiger partial charge is 0.353 e. The van der Waals surface area contributed by atoms with Gasteiger partial charge < -0.3 is 5.32 Å². The highest BCUT2D eigenvalue weighted by Crippen LogP contribution is 2.68. The lowest BCUT2D eigenvalue weighted by molar-refractivity contribution is -0.124. The number of carbonyl (C=O) groups is 1. The lowest BCUT2D eigenvalue weighted by Gasteiger charge is -2.32. The van der Waals surface area contributed by atoms with Crippen LogP contribution >= 0.6 is 0 Å². The Labute approximate surface area is 120 Å². The van der Waals surface area contributed by atoms with E-state index < -0.39 is 6.43 Å². The van der Waals surface area contributed by atoms with E-state index in [2.05, 4.69) is 33.0 Å². The summed E-state index contributed by atoms with van der Waals surface area (Å²) in [5.41, 5.74) is 0.0981. The number of alkyl halides is 2. The summed E-state index contributed by atoms with van der Waals surface area (Å²) < 4.78 is 24.6. The van der Waals surface area contributed by atoms with Crippen LogP contribution in [0.25, 0.3) is 0 Å². The van der Waals surface area contributed by atoms with Crippen LogP contribution < -0.4 is 5.32 Å². The molecule has 0 aromatic heterocycles. The summed E-state index contributed by atoms with van der Waals surface area (Å²) in [5, 5.41) is 3.11. The van der Waals surface area contributed by atoms with E-state index in [4.69, 9.17) is 0 Å². The fourth-order valence-electron chi connectivity index (χ4n) is 3.59. The molecule has 5 heteroatoms. The molecule has 0 aromatic carbocycles. The summed E-state index contributed by atoms with van der Waals surface area (Å²) in [4.78, 5) is 14.1. The first-order chi connectivity index (χ1) is 9.16. The molecule has 2 fully saturated rings. The van der Waals surface area contributed by atoms with Gasteiger partial charge in [0, 0.05) is 25.0 Å². The lowest BCUT2D eigenvalue weighted by atomic mass is 10.0. The summed E-state index contributed by atoms with van der Waals surface area (Å²) in [6, 6.07) is 0.142. The maximum Gasteiger partial charge on any atom is 0.251 e. The van der Waals surface area contributed by atoms with Crippen LogP contribution in [-0.2, 0) is 4.79 Å². The number of amides is 1. The van der Waals surface area contributed by atoms with Gasteiger partial charge in [-0.05, 0) is 23.7 Å². The van der Waals surface area contributed by atoms with Gasteiger partial charge >= 0.3 is 0 Å². The van der Waals surface area contributed by atoms with Crippen LogP contribution in [0.3, 0.4) is 0 Å². The van der Waals surface area contributed by atoms with E-state index in [9.17, 15) is 13.6 Å². The van der Waals surface area contributed by atoms with Gasteiger partial charge in [-0.2, -0.15) is 0 Å². The molecule has 0 atom stereocenters. The van der Waals surface area contributed by atoms with Gasteiger partial charge in [0.25, 0.3) is 6.43 Å². The highest BCUT2D eigenvalue weighted by Gasteiger charge is 2.68. The molecule has 2 rings (SSSR count). The minimum Gasteiger partial charge on any atom is -0.353 e. The van der Waals surface area contributed by atoms with Crippen molar-refractivity contribution in [2.45, 2.75) is 53.0 Å². The van der Waals surface area contributed by atoms with Crippen molar-refractivity contribution in [3.05, 3.63) is 0 Å². The highest BCUT2D eigenvalue weighted by molar-refractivity contribution is 5.84. The van der Waals surface area contributed by atoms with Crippen molar-refractivity contribution in [2.24, 2.45) is 16.7 Å². The minimum atomic E-state index is -2.27. The van der Waals surface area contributed by atoms with E-state index in [1.807, 2.05) is 0 Å². The molecule has 0 unspecified atom stereocenters. The normalized spacial score (nSPS) is 26.8. The average Bonchev–Trinajstić information content (AvgIpc) is 2.71. The second kappa shape index (κ2) is 5.24. The Morgan fingerprint density at radius 2 is 1.70 bits per heavy atom. The van der Waals surface area contributed by atoms with Crippen molar-refractivity contribution in [1.82, 2.24) is 10.2 Å². The highest BCUT2D eigenvalue weighted by atomic mass is 19.3. The van der Waals surface area contributed by atoms with Crippen LogP contribution in [-0.4, -0.2) is 42.9 Å². The van der Waals surface area contributed by atoms with Crippen molar-refractivity contribution in [3.63, 3.8) is 0 Å². The monoisotopic (exact) mass is 288 g/mol. The van der Waals surface area contributed by atoms with Gasteiger partial charge in [0.2, 0.25) is 5.91 Å². The topological polar surface area (TPSA) is 32.3 Å². The molecule has 0 aromatic rings. The number of nitrogens with one attached hydrogen (secondary N) is 1. The molecule has 2 aliphatic rings. The van der Waals surface area contributed by atoms with Crippen molar-refractivity contribution in [2.75, 3.05) is 19.6 Å². The second-order valence-corrected chi connectivity index (χ2v) is 7.35. The van der Waals surface area contributed by atoms with Gasteiger partial charge in [-0.1, -0.05) is 27.7 Å². The molecule has 1 aliphatic heterocycles. The van der Waals surface area contributed by atoms with E-state index in [1.165, 1.54) is 0 Å². The fourth-order valence-corrected chi connectivity index (χ4v) is 3.59. The molecule has 20 heavy (non-hydrogen) atoms. The first kappa shape index (κ1) is 15.7. The van der Waals surface area contributed by atoms with Gasteiger partial charge in [0.05, 0.1) is 6.54 Å². The van der Waals surface area contributed by atoms with E-state index in [1.54, 1.807) is 4.90 Å². The number of rotatable bonds is 4. The van der Waals surface area contributed by atoms with Crippen molar-refractivity contribution < 1.29 is 13.6 Å². The summed E-state index contributed by atoms with van der Waals surface area (Å²) in [6.07, 6.45) is -0.729. The molecule has 1 heterocycles. The predicted octanol–water partition coefficient (Wildman–Crippen LogP) is 2.51. The molecule has 1 saturated heterocycles. The number of halogens is 2. The van der Waals surface area contributed by atoms with Gasteiger partial charge in [0.15, 0.2) is 0 Å². The average molecular weight is 288 g/mol. The number of hydrogen-bond acceptors (Lipinski definition) is 2. The molecule has 0 bridgehead atoms. The lowest BCUT2D eigenvalue weighted by Crippen LogP contribution is -2.46. The maximum atomic E-state index is 12.3. The third kappa shape index (κ3) is 2.83. The molecule has 1 amide bonds. The summed E-state index contributed by atoms with van der Waals surface area (Å²) in [7, 11) is 0. The maximum absolute atomic E-state index is 12.3. The quantitative estimate of drug-likeness (QED) is 0.862. The molecule has 0 radical (unpaired) electrons. The van der Waals surface area contributed by atoms with Crippen molar-refractivity contribution in [1.29, 1.82) is 0 Å². The summed E-state index contributed by atoms with van der Waals surface area (Å²) in [5.74, 6) is 0.196. The third-order valence-corrected chi connectivity index (χ3v) is 5.61. The molecule has 116 valence electrons. The van der Waals surface area contributed by atoms with Crippen LogP contribution in [0.4, 0.5) is 8.78 Å². The zero-order chi connectivity index (χ0) is 15.1.